The fourth-order valence-electron chi connectivity index (χ4n) is 1.25. The molecular formula is C10H6F3NO3. The van der Waals surface area contributed by atoms with Crippen LogP contribution < -0.4 is 4.74 Å². The number of halogens is 3. The monoisotopic (exact) mass is 245 g/mol. The number of carboxylic acid groups (broad SMARTS) is 1. The van der Waals surface area contributed by atoms with Gasteiger partial charge in [-0.15, -0.1) is 0 Å². The highest BCUT2D eigenvalue weighted by atomic mass is 19.3. The zero-order valence-corrected chi connectivity index (χ0v) is 8.28. The van der Waals surface area contributed by atoms with Crippen LogP contribution in [0.15, 0.2) is 12.1 Å². The summed E-state index contributed by atoms with van der Waals surface area (Å²) in [5.41, 5.74) is -0.621. The number of ether oxygens (including phenoxy) is 1. The molecule has 7 heteroatoms. The molecule has 0 bridgehead atoms. The van der Waals surface area contributed by atoms with E-state index in [2.05, 4.69) is 4.74 Å². The topological polar surface area (TPSA) is 70.3 Å². The third-order valence-electron chi connectivity index (χ3n) is 1.82. The lowest BCUT2D eigenvalue weighted by Crippen LogP contribution is -2.08. The Balaban J connectivity index is 3.25. The maximum atomic E-state index is 13.0. The van der Waals surface area contributed by atoms with Gasteiger partial charge < -0.3 is 9.84 Å². The number of aliphatic carboxylic acids is 1. The van der Waals surface area contributed by atoms with Gasteiger partial charge in [0.05, 0.1) is 12.0 Å². The van der Waals surface area contributed by atoms with Gasteiger partial charge >= 0.3 is 12.6 Å². The van der Waals surface area contributed by atoms with Crippen molar-refractivity contribution in [3.05, 3.63) is 29.1 Å². The van der Waals surface area contributed by atoms with Crippen molar-refractivity contribution in [3.8, 4) is 11.8 Å². The minimum Gasteiger partial charge on any atom is -0.481 e. The number of benzene rings is 1. The fourth-order valence-corrected chi connectivity index (χ4v) is 1.25. The molecule has 0 heterocycles. The number of hydrogen-bond acceptors (Lipinski definition) is 3. The molecule has 1 N–H and O–H groups in total. The molecule has 0 radical (unpaired) electrons. The number of nitrogens with zero attached hydrogens (tertiary/aromatic N) is 1. The highest BCUT2D eigenvalue weighted by Gasteiger charge is 2.17. The molecule has 0 spiro atoms. The normalized spacial score (nSPS) is 10.1. The summed E-state index contributed by atoms with van der Waals surface area (Å²) < 4.78 is 41.0. The van der Waals surface area contributed by atoms with Crippen molar-refractivity contribution < 1.29 is 27.8 Å². The van der Waals surface area contributed by atoms with Crippen molar-refractivity contribution in [3.63, 3.8) is 0 Å². The number of alkyl halides is 2. The third kappa shape index (κ3) is 3.38. The number of rotatable bonds is 4. The van der Waals surface area contributed by atoms with Crippen molar-refractivity contribution >= 4 is 5.97 Å². The minimum atomic E-state index is -3.22. The van der Waals surface area contributed by atoms with Gasteiger partial charge in [0, 0.05) is 6.07 Å². The van der Waals surface area contributed by atoms with Gasteiger partial charge in [-0.25, -0.2) is 4.39 Å². The Labute approximate surface area is 93.8 Å². The van der Waals surface area contributed by atoms with Crippen LogP contribution in [0.5, 0.6) is 5.75 Å². The molecule has 0 aliphatic carbocycles. The average molecular weight is 245 g/mol. The molecule has 0 unspecified atom stereocenters. The zero-order chi connectivity index (χ0) is 13.0. The SMILES string of the molecule is N#Cc1c(CC(=O)O)cc(F)cc1OC(F)F. The molecule has 1 aromatic carbocycles. The highest BCUT2D eigenvalue weighted by molar-refractivity contribution is 5.72. The third-order valence-corrected chi connectivity index (χ3v) is 1.82. The van der Waals surface area contributed by atoms with Crippen molar-refractivity contribution in [2.24, 2.45) is 0 Å². The standard InChI is InChI=1S/C10H6F3NO3/c11-6-1-5(2-9(15)16)7(4-14)8(3-6)17-10(12)13/h1,3,10H,2H2,(H,15,16). The summed E-state index contributed by atoms with van der Waals surface area (Å²) in [6, 6.07) is 2.92. The van der Waals surface area contributed by atoms with Gasteiger partial charge in [0.15, 0.2) is 0 Å². The number of nitriles is 1. The molecule has 0 saturated heterocycles. The van der Waals surface area contributed by atoms with Crippen molar-refractivity contribution in [1.82, 2.24) is 0 Å². The Hall–Kier alpha value is -2.23. The predicted octanol–water partition coefficient (Wildman–Crippen LogP) is 1.93. The molecule has 17 heavy (non-hydrogen) atoms. The molecule has 90 valence electrons. The van der Waals surface area contributed by atoms with E-state index in [0.717, 1.165) is 6.07 Å². The Morgan fingerprint density at radius 1 is 1.53 bits per heavy atom. The van der Waals surface area contributed by atoms with Crippen LogP contribution in [0.1, 0.15) is 11.1 Å². The quantitative estimate of drug-likeness (QED) is 0.879. The molecule has 0 atom stereocenters. The van der Waals surface area contributed by atoms with Gasteiger partial charge in [-0.2, -0.15) is 14.0 Å². The Bertz CT molecular complexity index is 482. The molecule has 0 amide bonds. The highest BCUT2D eigenvalue weighted by Crippen LogP contribution is 2.25. The summed E-state index contributed by atoms with van der Waals surface area (Å²) in [5, 5.41) is 17.3. The van der Waals surface area contributed by atoms with Crippen LogP contribution in [0.25, 0.3) is 0 Å². The van der Waals surface area contributed by atoms with Gasteiger partial charge in [0.1, 0.15) is 17.6 Å². The van der Waals surface area contributed by atoms with Crippen LogP contribution in [-0.2, 0) is 11.2 Å². The predicted molar refractivity (Wildman–Crippen MR) is 49.1 cm³/mol. The molecule has 0 aliphatic rings. The number of hydrogen-bond donors (Lipinski definition) is 1. The molecule has 0 saturated carbocycles. The van der Waals surface area contributed by atoms with Crippen molar-refractivity contribution in [1.29, 1.82) is 5.26 Å². The lowest BCUT2D eigenvalue weighted by molar-refractivity contribution is -0.136. The van der Waals surface area contributed by atoms with Crippen LogP contribution in [0.2, 0.25) is 0 Å². The van der Waals surface area contributed by atoms with Gasteiger partial charge in [-0.3, -0.25) is 4.79 Å². The summed E-state index contributed by atoms with van der Waals surface area (Å²) in [7, 11) is 0. The first kappa shape index (κ1) is 12.8. The maximum Gasteiger partial charge on any atom is 0.387 e. The molecule has 1 aromatic rings. The van der Waals surface area contributed by atoms with Gasteiger partial charge in [0.25, 0.3) is 0 Å². The van der Waals surface area contributed by atoms with E-state index in [9.17, 15) is 18.0 Å². The second kappa shape index (κ2) is 5.21. The molecule has 4 nitrogen and oxygen atoms in total. The van der Waals surface area contributed by atoms with Gasteiger partial charge in [-0.1, -0.05) is 0 Å². The van der Waals surface area contributed by atoms with Crippen LogP contribution >= 0.6 is 0 Å². The lowest BCUT2D eigenvalue weighted by Gasteiger charge is -2.09. The first-order chi connectivity index (χ1) is 7.93. The number of carboxylic acids is 1. The Morgan fingerprint density at radius 2 is 2.18 bits per heavy atom. The van der Waals surface area contributed by atoms with E-state index in [-0.39, 0.29) is 5.56 Å². The van der Waals surface area contributed by atoms with Crippen molar-refractivity contribution in [2.75, 3.05) is 0 Å². The molecule has 1 rings (SSSR count). The number of carbonyl (C=O) groups is 1. The van der Waals surface area contributed by atoms with E-state index in [1.54, 1.807) is 0 Å². The average Bonchev–Trinajstić information content (AvgIpc) is 2.14. The van der Waals surface area contributed by atoms with E-state index in [1.807, 2.05) is 0 Å². The summed E-state index contributed by atoms with van der Waals surface area (Å²) in [6.45, 7) is -3.22. The molecule has 0 aliphatic heterocycles. The minimum absolute atomic E-state index is 0.212. The van der Waals surface area contributed by atoms with E-state index < -0.39 is 36.1 Å². The first-order valence-corrected chi connectivity index (χ1v) is 4.33. The van der Waals surface area contributed by atoms with Crippen LogP contribution in [0, 0.1) is 17.1 Å². The summed E-state index contributed by atoms with van der Waals surface area (Å²) in [6.07, 6.45) is -0.653. The van der Waals surface area contributed by atoms with Gasteiger partial charge in [-0.05, 0) is 11.6 Å². The Morgan fingerprint density at radius 3 is 2.65 bits per heavy atom. The fraction of sp³-hybridized carbons (Fsp3) is 0.200. The Kier molecular flexibility index (Phi) is 3.93. The van der Waals surface area contributed by atoms with Crippen molar-refractivity contribution in [2.45, 2.75) is 13.0 Å². The largest absolute Gasteiger partial charge is 0.481 e. The second-order valence-corrected chi connectivity index (χ2v) is 3.00. The summed E-state index contributed by atoms with van der Waals surface area (Å²) in [4.78, 5) is 10.5. The maximum absolute atomic E-state index is 13.0. The van der Waals surface area contributed by atoms with Crippen LogP contribution in [-0.4, -0.2) is 17.7 Å². The van der Waals surface area contributed by atoms with Crippen LogP contribution in [0.3, 0.4) is 0 Å². The smallest absolute Gasteiger partial charge is 0.387 e. The van der Waals surface area contributed by atoms with E-state index in [1.165, 1.54) is 6.07 Å². The first-order valence-electron chi connectivity index (χ1n) is 4.33. The molecule has 0 fully saturated rings. The van der Waals surface area contributed by atoms with E-state index in [4.69, 9.17) is 10.4 Å². The zero-order valence-electron chi connectivity index (χ0n) is 8.28. The van der Waals surface area contributed by atoms with Crippen LogP contribution in [0.4, 0.5) is 13.2 Å². The van der Waals surface area contributed by atoms with E-state index >= 15 is 0 Å². The second-order valence-electron chi connectivity index (χ2n) is 3.00. The van der Waals surface area contributed by atoms with Gasteiger partial charge in [0.2, 0.25) is 0 Å². The van der Waals surface area contributed by atoms with E-state index in [0.29, 0.717) is 6.07 Å². The molecular weight excluding hydrogens is 239 g/mol. The lowest BCUT2D eigenvalue weighted by atomic mass is 10.0. The summed E-state index contributed by atoms with van der Waals surface area (Å²) in [5.74, 6) is -2.93. The summed E-state index contributed by atoms with van der Waals surface area (Å²) >= 11 is 0. The molecule has 0 aromatic heterocycles.